The van der Waals surface area contributed by atoms with Crippen molar-refractivity contribution in [2.24, 2.45) is 0 Å². The van der Waals surface area contributed by atoms with Gasteiger partial charge in [0.2, 0.25) is 0 Å². The zero-order valence-corrected chi connectivity index (χ0v) is 10.5. The summed E-state index contributed by atoms with van der Waals surface area (Å²) in [5.41, 5.74) is 0.620. The molecule has 0 saturated carbocycles. The Kier molecular flexibility index (Phi) is 2.78. The van der Waals surface area contributed by atoms with E-state index in [0.29, 0.717) is 5.46 Å². The molecule has 0 bridgehead atoms. The first-order chi connectivity index (χ1) is 9.06. The van der Waals surface area contributed by atoms with Crippen molar-refractivity contribution in [1.82, 2.24) is 0 Å². The SMILES string of the molecule is O=C(O)c1ccc2sc3ccc(B(O)O)cc3c2c1. The van der Waals surface area contributed by atoms with Crippen molar-refractivity contribution in [1.29, 1.82) is 0 Å². The summed E-state index contributed by atoms with van der Waals surface area (Å²) >= 11 is 1.55. The molecule has 0 saturated heterocycles. The molecular weight excluding hydrogens is 263 g/mol. The van der Waals surface area contributed by atoms with Gasteiger partial charge in [-0.15, -0.1) is 11.3 Å². The van der Waals surface area contributed by atoms with Gasteiger partial charge in [-0.1, -0.05) is 12.1 Å². The molecule has 1 heterocycles. The number of rotatable bonds is 2. The maximum atomic E-state index is 11.0. The zero-order chi connectivity index (χ0) is 13.6. The highest BCUT2D eigenvalue weighted by Gasteiger charge is 2.14. The maximum absolute atomic E-state index is 11.0. The number of aromatic carboxylic acids is 1. The molecule has 3 aromatic rings. The summed E-state index contributed by atoms with van der Waals surface area (Å²) in [7, 11) is -1.53. The van der Waals surface area contributed by atoms with Gasteiger partial charge in [0, 0.05) is 14.8 Å². The molecule has 0 aliphatic heterocycles. The molecule has 0 fully saturated rings. The number of thiophene rings is 1. The van der Waals surface area contributed by atoms with Crippen LogP contribution in [-0.2, 0) is 0 Å². The van der Waals surface area contributed by atoms with Crippen molar-refractivity contribution >= 4 is 50.1 Å². The van der Waals surface area contributed by atoms with E-state index in [2.05, 4.69) is 0 Å². The van der Waals surface area contributed by atoms with Crippen LogP contribution in [0.5, 0.6) is 0 Å². The monoisotopic (exact) mass is 272 g/mol. The number of hydrogen-bond donors (Lipinski definition) is 3. The van der Waals surface area contributed by atoms with Crippen LogP contribution < -0.4 is 5.46 Å². The van der Waals surface area contributed by atoms with Crippen LogP contribution >= 0.6 is 11.3 Å². The first-order valence-electron chi connectivity index (χ1n) is 5.62. The molecule has 6 heteroatoms. The Morgan fingerprint density at radius 1 is 1.00 bits per heavy atom. The predicted molar refractivity (Wildman–Crippen MR) is 76.1 cm³/mol. The molecule has 0 aliphatic rings. The van der Waals surface area contributed by atoms with Gasteiger partial charge >= 0.3 is 13.1 Å². The molecule has 0 aliphatic carbocycles. The molecule has 0 unspecified atom stereocenters. The van der Waals surface area contributed by atoms with E-state index in [1.807, 2.05) is 6.07 Å². The Labute approximate surface area is 112 Å². The van der Waals surface area contributed by atoms with Gasteiger partial charge in [0.05, 0.1) is 5.56 Å². The van der Waals surface area contributed by atoms with E-state index >= 15 is 0 Å². The summed E-state index contributed by atoms with van der Waals surface area (Å²) in [6, 6.07) is 10.1. The lowest BCUT2D eigenvalue weighted by molar-refractivity contribution is 0.0697. The zero-order valence-electron chi connectivity index (χ0n) is 9.70. The van der Waals surface area contributed by atoms with E-state index in [4.69, 9.17) is 5.11 Å². The Morgan fingerprint density at radius 2 is 1.63 bits per heavy atom. The fourth-order valence-electron chi connectivity index (χ4n) is 2.09. The lowest BCUT2D eigenvalue weighted by Gasteiger charge is -1.99. The quantitative estimate of drug-likeness (QED) is 0.617. The molecule has 94 valence electrons. The molecular formula is C13H9BO4S. The van der Waals surface area contributed by atoms with Gasteiger partial charge in [-0.2, -0.15) is 0 Å². The van der Waals surface area contributed by atoms with E-state index in [9.17, 15) is 14.8 Å². The molecule has 3 N–H and O–H groups in total. The first kappa shape index (κ1) is 12.2. The topological polar surface area (TPSA) is 77.8 Å². The standard InChI is InChI=1S/C13H9BO4S/c15-13(16)7-1-3-11-9(5-7)10-6-8(14(17)18)2-4-12(10)19-11/h1-6,17-18H,(H,15,16). The number of carboxylic acids is 1. The molecule has 0 amide bonds. The number of benzene rings is 2. The molecule has 2 aromatic carbocycles. The van der Waals surface area contributed by atoms with Crippen molar-refractivity contribution < 1.29 is 19.9 Å². The van der Waals surface area contributed by atoms with Crippen molar-refractivity contribution in [2.45, 2.75) is 0 Å². The Morgan fingerprint density at radius 3 is 2.26 bits per heavy atom. The van der Waals surface area contributed by atoms with Gasteiger partial charge in [-0.3, -0.25) is 0 Å². The lowest BCUT2D eigenvalue weighted by Crippen LogP contribution is -2.29. The minimum absolute atomic E-state index is 0.224. The summed E-state index contributed by atoms with van der Waals surface area (Å²) in [5, 5.41) is 29.1. The van der Waals surface area contributed by atoms with Gasteiger partial charge in [0.1, 0.15) is 0 Å². The van der Waals surface area contributed by atoms with E-state index in [0.717, 1.165) is 20.2 Å². The first-order valence-corrected chi connectivity index (χ1v) is 6.43. The van der Waals surface area contributed by atoms with Crippen LogP contribution in [0.25, 0.3) is 20.2 Å². The second kappa shape index (κ2) is 4.34. The van der Waals surface area contributed by atoms with Crippen LogP contribution in [-0.4, -0.2) is 28.2 Å². The van der Waals surface area contributed by atoms with E-state index in [-0.39, 0.29) is 5.56 Å². The normalized spacial score (nSPS) is 11.1. The molecule has 1 aromatic heterocycles. The molecule has 0 radical (unpaired) electrons. The molecule has 3 rings (SSSR count). The summed E-state index contributed by atoms with van der Waals surface area (Å²) in [6.07, 6.45) is 0. The van der Waals surface area contributed by atoms with Crippen LogP contribution in [0, 0.1) is 0 Å². The van der Waals surface area contributed by atoms with Crippen LogP contribution in [0.4, 0.5) is 0 Å². The third-order valence-corrected chi connectivity index (χ3v) is 4.19. The number of fused-ring (bicyclic) bond motifs is 3. The number of carboxylic acid groups (broad SMARTS) is 1. The minimum atomic E-state index is -1.53. The van der Waals surface area contributed by atoms with Gasteiger partial charge < -0.3 is 15.2 Å². The highest BCUT2D eigenvalue weighted by atomic mass is 32.1. The summed E-state index contributed by atoms with van der Waals surface area (Å²) in [5.74, 6) is -0.973. The summed E-state index contributed by atoms with van der Waals surface area (Å²) in [4.78, 5) is 11.0. The fourth-order valence-corrected chi connectivity index (χ4v) is 3.16. The Balaban J connectivity index is 2.34. The third-order valence-electron chi connectivity index (χ3n) is 3.04. The van der Waals surface area contributed by atoms with Gasteiger partial charge in [-0.25, -0.2) is 4.79 Å². The van der Waals surface area contributed by atoms with E-state index in [1.165, 1.54) is 0 Å². The third kappa shape index (κ3) is 2.00. The largest absolute Gasteiger partial charge is 0.488 e. The minimum Gasteiger partial charge on any atom is -0.478 e. The van der Waals surface area contributed by atoms with Crippen molar-refractivity contribution in [3.8, 4) is 0 Å². The van der Waals surface area contributed by atoms with Crippen molar-refractivity contribution in [3.63, 3.8) is 0 Å². The van der Waals surface area contributed by atoms with E-state index in [1.54, 1.807) is 41.7 Å². The highest BCUT2D eigenvalue weighted by molar-refractivity contribution is 7.25. The van der Waals surface area contributed by atoms with Crippen LogP contribution in [0.3, 0.4) is 0 Å². The molecule has 19 heavy (non-hydrogen) atoms. The predicted octanol–water partition coefficient (Wildman–Crippen LogP) is 1.43. The van der Waals surface area contributed by atoms with Crippen LogP contribution in [0.2, 0.25) is 0 Å². The lowest BCUT2D eigenvalue weighted by atomic mass is 9.80. The maximum Gasteiger partial charge on any atom is 0.488 e. The molecule has 4 nitrogen and oxygen atoms in total. The van der Waals surface area contributed by atoms with Crippen molar-refractivity contribution in [3.05, 3.63) is 42.0 Å². The highest BCUT2D eigenvalue weighted by Crippen LogP contribution is 2.33. The second-order valence-corrected chi connectivity index (χ2v) is 5.33. The molecule has 0 spiro atoms. The van der Waals surface area contributed by atoms with Crippen LogP contribution in [0.15, 0.2) is 36.4 Å². The average molecular weight is 272 g/mol. The number of carbonyl (C=O) groups is 1. The summed E-state index contributed by atoms with van der Waals surface area (Å²) < 4.78 is 1.96. The van der Waals surface area contributed by atoms with Gasteiger partial charge in [0.25, 0.3) is 0 Å². The van der Waals surface area contributed by atoms with Gasteiger partial charge in [-0.05, 0) is 35.1 Å². The average Bonchev–Trinajstić information content (AvgIpc) is 2.75. The molecule has 0 atom stereocenters. The smallest absolute Gasteiger partial charge is 0.478 e. The van der Waals surface area contributed by atoms with Crippen LogP contribution in [0.1, 0.15) is 10.4 Å². The summed E-state index contributed by atoms with van der Waals surface area (Å²) in [6.45, 7) is 0. The van der Waals surface area contributed by atoms with E-state index < -0.39 is 13.1 Å². The Hall–Kier alpha value is -1.89. The second-order valence-electron chi connectivity index (χ2n) is 4.25. The number of hydrogen-bond acceptors (Lipinski definition) is 4. The van der Waals surface area contributed by atoms with Crippen molar-refractivity contribution in [2.75, 3.05) is 0 Å². The Bertz CT molecular complexity index is 794. The van der Waals surface area contributed by atoms with Gasteiger partial charge in [0.15, 0.2) is 0 Å². The fraction of sp³-hybridized carbons (Fsp3) is 0.